The quantitative estimate of drug-likeness (QED) is 0.906. The van der Waals surface area contributed by atoms with E-state index in [1.165, 1.54) is 0 Å². The summed E-state index contributed by atoms with van der Waals surface area (Å²) in [5.41, 5.74) is 6.30. The number of hydrogen-bond acceptors (Lipinski definition) is 3. The number of rotatable bonds is 2. The SMILES string of the molecule is Cc1nc(N2CCC(C(N)=O)CC2)ccc1Br. The lowest BCUT2D eigenvalue weighted by Crippen LogP contribution is -2.38. The van der Waals surface area contributed by atoms with Crippen LogP contribution < -0.4 is 10.6 Å². The van der Waals surface area contributed by atoms with Gasteiger partial charge in [0.25, 0.3) is 0 Å². The van der Waals surface area contributed by atoms with E-state index in [4.69, 9.17) is 5.73 Å². The van der Waals surface area contributed by atoms with E-state index in [0.29, 0.717) is 0 Å². The summed E-state index contributed by atoms with van der Waals surface area (Å²) in [5, 5.41) is 0. The van der Waals surface area contributed by atoms with Crippen LogP contribution in [0, 0.1) is 12.8 Å². The van der Waals surface area contributed by atoms with E-state index in [1.807, 2.05) is 19.1 Å². The first-order valence-corrected chi connectivity index (χ1v) is 6.54. The predicted octanol–water partition coefficient (Wildman–Crippen LogP) is 1.85. The van der Waals surface area contributed by atoms with Crippen LogP contribution in [0.3, 0.4) is 0 Å². The molecule has 0 unspecified atom stereocenters. The molecule has 0 bridgehead atoms. The van der Waals surface area contributed by atoms with E-state index in [9.17, 15) is 4.79 Å². The molecule has 2 N–H and O–H groups in total. The number of hydrogen-bond donors (Lipinski definition) is 1. The summed E-state index contributed by atoms with van der Waals surface area (Å²) in [7, 11) is 0. The zero-order valence-electron chi connectivity index (χ0n) is 9.82. The highest BCUT2D eigenvalue weighted by molar-refractivity contribution is 9.10. The third-order valence-electron chi connectivity index (χ3n) is 3.23. The maximum Gasteiger partial charge on any atom is 0.220 e. The second-order valence-corrected chi connectivity index (χ2v) is 5.25. The van der Waals surface area contributed by atoms with Gasteiger partial charge in [-0.25, -0.2) is 4.98 Å². The largest absolute Gasteiger partial charge is 0.369 e. The first kappa shape index (κ1) is 12.4. The van der Waals surface area contributed by atoms with Crippen molar-refractivity contribution in [1.82, 2.24) is 4.98 Å². The van der Waals surface area contributed by atoms with Crippen LogP contribution in [-0.2, 0) is 4.79 Å². The van der Waals surface area contributed by atoms with Gasteiger partial charge in [-0.3, -0.25) is 4.79 Å². The van der Waals surface area contributed by atoms with Crippen molar-refractivity contribution >= 4 is 27.7 Å². The maximum atomic E-state index is 11.1. The molecule has 4 nitrogen and oxygen atoms in total. The molecule has 1 aliphatic heterocycles. The van der Waals surface area contributed by atoms with E-state index in [2.05, 4.69) is 25.8 Å². The Balaban J connectivity index is 2.05. The number of amides is 1. The monoisotopic (exact) mass is 297 g/mol. The molecule has 0 aliphatic carbocycles. The van der Waals surface area contributed by atoms with Crippen LogP contribution in [0.25, 0.3) is 0 Å². The molecule has 0 spiro atoms. The lowest BCUT2D eigenvalue weighted by molar-refractivity contribution is -0.122. The van der Waals surface area contributed by atoms with Crippen LogP contribution in [-0.4, -0.2) is 24.0 Å². The second-order valence-electron chi connectivity index (χ2n) is 4.40. The molecule has 5 heteroatoms. The Hall–Kier alpha value is -1.10. The zero-order chi connectivity index (χ0) is 12.4. The molecule has 1 amide bonds. The molecule has 1 aromatic heterocycles. The van der Waals surface area contributed by atoms with Crippen LogP contribution >= 0.6 is 15.9 Å². The topological polar surface area (TPSA) is 59.2 Å². The molecule has 0 aromatic carbocycles. The van der Waals surface area contributed by atoms with Crippen LogP contribution in [0.15, 0.2) is 16.6 Å². The molecular formula is C12H16BrN3O. The highest BCUT2D eigenvalue weighted by atomic mass is 79.9. The lowest BCUT2D eigenvalue weighted by atomic mass is 9.96. The van der Waals surface area contributed by atoms with Crippen LogP contribution in [0.5, 0.6) is 0 Å². The van der Waals surface area contributed by atoms with Crippen molar-refractivity contribution in [1.29, 1.82) is 0 Å². The number of nitrogens with zero attached hydrogens (tertiary/aromatic N) is 2. The van der Waals surface area contributed by atoms with Crippen molar-refractivity contribution in [2.75, 3.05) is 18.0 Å². The second kappa shape index (κ2) is 5.04. The lowest BCUT2D eigenvalue weighted by Gasteiger charge is -2.31. The fourth-order valence-corrected chi connectivity index (χ4v) is 2.32. The zero-order valence-corrected chi connectivity index (χ0v) is 11.4. The molecule has 2 heterocycles. The van der Waals surface area contributed by atoms with Gasteiger partial charge >= 0.3 is 0 Å². The van der Waals surface area contributed by atoms with Gasteiger partial charge in [-0.1, -0.05) is 0 Å². The predicted molar refractivity (Wildman–Crippen MR) is 70.8 cm³/mol. The van der Waals surface area contributed by atoms with Gasteiger partial charge in [0, 0.05) is 23.5 Å². The van der Waals surface area contributed by atoms with Gasteiger partial charge < -0.3 is 10.6 Å². The van der Waals surface area contributed by atoms with E-state index >= 15 is 0 Å². The number of nitrogens with two attached hydrogens (primary N) is 1. The van der Waals surface area contributed by atoms with Crippen molar-refractivity contribution in [3.63, 3.8) is 0 Å². The van der Waals surface area contributed by atoms with Gasteiger partial charge in [0.2, 0.25) is 5.91 Å². The highest BCUT2D eigenvalue weighted by Gasteiger charge is 2.23. The minimum Gasteiger partial charge on any atom is -0.369 e. The standard InChI is InChI=1S/C12H16BrN3O/c1-8-10(13)2-3-11(15-8)16-6-4-9(5-7-16)12(14)17/h2-3,9H,4-7H2,1H3,(H2,14,17). The summed E-state index contributed by atoms with van der Waals surface area (Å²) >= 11 is 3.44. The van der Waals surface area contributed by atoms with Crippen molar-refractivity contribution in [3.05, 3.63) is 22.3 Å². The van der Waals surface area contributed by atoms with Gasteiger partial charge in [-0.2, -0.15) is 0 Å². The number of aromatic nitrogens is 1. The Kier molecular flexibility index (Phi) is 3.66. The summed E-state index contributed by atoms with van der Waals surface area (Å²) in [6.07, 6.45) is 1.65. The van der Waals surface area contributed by atoms with Gasteiger partial charge in [0.15, 0.2) is 0 Å². The third-order valence-corrected chi connectivity index (χ3v) is 4.07. The number of primary amides is 1. The number of carbonyl (C=O) groups is 1. The minimum atomic E-state index is -0.176. The van der Waals surface area contributed by atoms with Crippen molar-refractivity contribution in [2.45, 2.75) is 19.8 Å². The van der Waals surface area contributed by atoms with Crippen LogP contribution in [0.2, 0.25) is 0 Å². The van der Waals surface area contributed by atoms with Crippen LogP contribution in [0.1, 0.15) is 18.5 Å². The van der Waals surface area contributed by atoms with Gasteiger partial charge in [0.1, 0.15) is 5.82 Å². The van der Waals surface area contributed by atoms with Crippen molar-refractivity contribution in [2.24, 2.45) is 11.7 Å². The molecule has 2 rings (SSSR count). The normalized spacial score (nSPS) is 17.2. The minimum absolute atomic E-state index is 0.0304. The molecular weight excluding hydrogens is 282 g/mol. The number of piperidine rings is 1. The van der Waals surface area contributed by atoms with E-state index < -0.39 is 0 Å². The van der Waals surface area contributed by atoms with Crippen molar-refractivity contribution < 1.29 is 4.79 Å². The molecule has 17 heavy (non-hydrogen) atoms. The highest BCUT2D eigenvalue weighted by Crippen LogP contribution is 2.24. The van der Waals surface area contributed by atoms with Gasteiger partial charge in [-0.05, 0) is 47.8 Å². The Morgan fingerprint density at radius 3 is 2.65 bits per heavy atom. The molecule has 92 valence electrons. The average molecular weight is 298 g/mol. The number of pyridine rings is 1. The van der Waals surface area contributed by atoms with Crippen LogP contribution in [0.4, 0.5) is 5.82 Å². The smallest absolute Gasteiger partial charge is 0.220 e. The summed E-state index contributed by atoms with van der Waals surface area (Å²) in [6.45, 7) is 3.67. The first-order chi connectivity index (χ1) is 8.08. The van der Waals surface area contributed by atoms with E-state index in [1.54, 1.807) is 0 Å². The molecule has 1 fully saturated rings. The fourth-order valence-electron chi connectivity index (χ4n) is 2.10. The number of anilines is 1. The summed E-state index contributed by atoms with van der Waals surface area (Å²) in [5.74, 6) is 0.834. The summed E-state index contributed by atoms with van der Waals surface area (Å²) in [4.78, 5) is 17.8. The molecule has 1 saturated heterocycles. The molecule has 1 aliphatic rings. The number of carbonyl (C=O) groups excluding carboxylic acids is 1. The summed E-state index contributed by atoms with van der Waals surface area (Å²) in [6, 6.07) is 4.01. The van der Waals surface area contributed by atoms with Crippen molar-refractivity contribution in [3.8, 4) is 0 Å². The Labute approximate surface area is 109 Å². The fraction of sp³-hybridized carbons (Fsp3) is 0.500. The Bertz CT molecular complexity index is 428. The molecule has 0 saturated carbocycles. The molecule has 0 atom stereocenters. The third kappa shape index (κ3) is 2.77. The first-order valence-electron chi connectivity index (χ1n) is 5.75. The number of aryl methyl sites for hydroxylation is 1. The molecule has 1 aromatic rings. The number of halogens is 1. The average Bonchev–Trinajstić information content (AvgIpc) is 2.33. The van der Waals surface area contributed by atoms with Gasteiger partial charge in [-0.15, -0.1) is 0 Å². The van der Waals surface area contributed by atoms with Gasteiger partial charge in [0.05, 0.1) is 5.69 Å². The van der Waals surface area contributed by atoms with E-state index in [-0.39, 0.29) is 11.8 Å². The Morgan fingerprint density at radius 1 is 1.47 bits per heavy atom. The molecule has 0 radical (unpaired) electrons. The van der Waals surface area contributed by atoms with E-state index in [0.717, 1.165) is 41.9 Å². The maximum absolute atomic E-state index is 11.1. The Morgan fingerprint density at radius 2 is 2.12 bits per heavy atom. The summed E-state index contributed by atoms with van der Waals surface area (Å²) < 4.78 is 1.02.